The average molecular weight is 337 g/mol. The number of hydrazone groups is 1. The van der Waals surface area contributed by atoms with Gasteiger partial charge >= 0.3 is 0 Å². The molecule has 0 aromatic heterocycles. The molecular weight excluding hydrogens is 314 g/mol. The largest absolute Gasteiger partial charge is 0.507 e. The Hall–Kier alpha value is -1.86. The number of hydrogen-bond acceptors (Lipinski definition) is 5. The molecule has 1 aliphatic heterocycles. The number of phenolic OH excluding ortho intramolecular Hbond substituents is 1. The Morgan fingerprint density at radius 3 is 3.13 bits per heavy atom. The molecule has 1 heterocycles. The molecule has 1 aromatic rings. The Kier molecular flexibility index (Phi) is 7.09. The minimum Gasteiger partial charge on any atom is -0.507 e. The highest BCUT2D eigenvalue weighted by Gasteiger charge is 2.14. The summed E-state index contributed by atoms with van der Waals surface area (Å²) in [7, 11) is 0. The first-order valence-electron chi connectivity index (χ1n) is 7.83. The molecule has 0 bridgehead atoms. The Labute approximate surface area is 141 Å². The summed E-state index contributed by atoms with van der Waals surface area (Å²) in [6.07, 6.45) is 4.81. The van der Waals surface area contributed by atoms with Crippen LogP contribution in [-0.4, -0.2) is 42.3 Å². The van der Waals surface area contributed by atoms with E-state index in [0.717, 1.165) is 25.9 Å². The maximum absolute atomic E-state index is 9.94. The first kappa shape index (κ1) is 17.5. The van der Waals surface area contributed by atoms with Crippen molar-refractivity contribution >= 4 is 23.5 Å². The van der Waals surface area contributed by atoms with E-state index in [0.29, 0.717) is 29.6 Å². The van der Waals surface area contributed by atoms with Crippen molar-refractivity contribution in [3.8, 4) is 11.5 Å². The van der Waals surface area contributed by atoms with Crippen LogP contribution in [0.5, 0.6) is 11.5 Å². The highest BCUT2D eigenvalue weighted by Crippen LogP contribution is 2.22. The molecule has 0 amide bonds. The van der Waals surface area contributed by atoms with E-state index < -0.39 is 0 Å². The van der Waals surface area contributed by atoms with Crippen LogP contribution in [0.15, 0.2) is 23.3 Å². The van der Waals surface area contributed by atoms with Crippen molar-refractivity contribution < 1.29 is 14.6 Å². The number of nitrogens with one attached hydrogen (secondary N) is 2. The quantitative estimate of drug-likeness (QED) is 0.402. The second kappa shape index (κ2) is 9.32. The zero-order valence-corrected chi connectivity index (χ0v) is 14.1. The normalized spacial score (nSPS) is 17.3. The summed E-state index contributed by atoms with van der Waals surface area (Å²) < 4.78 is 11.0. The maximum Gasteiger partial charge on any atom is 0.187 e. The zero-order chi connectivity index (χ0) is 16.5. The van der Waals surface area contributed by atoms with Gasteiger partial charge in [-0.25, -0.2) is 0 Å². The molecule has 23 heavy (non-hydrogen) atoms. The van der Waals surface area contributed by atoms with Crippen molar-refractivity contribution in [2.75, 3.05) is 19.8 Å². The molecule has 7 heteroatoms. The molecule has 1 saturated heterocycles. The van der Waals surface area contributed by atoms with E-state index in [2.05, 4.69) is 15.8 Å². The summed E-state index contributed by atoms with van der Waals surface area (Å²) in [6, 6.07) is 5.12. The van der Waals surface area contributed by atoms with Crippen LogP contribution < -0.4 is 15.5 Å². The average Bonchev–Trinajstić information content (AvgIpc) is 3.06. The van der Waals surface area contributed by atoms with E-state index >= 15 is 0 Å². The van der Waals surface area contributed by atoms with Gasteiger partial charge in [0.15, 0.2) is 5.11 Å². The SMILES string of the molecule is CCCOc1ccc(/C=N/NC(=S)NC[C@@H]2CCCO2)c(O)c1. The standard InChI is InChI=1S/C16H23N3O3S/c1-2-7-21-13-6-5-12(15(20)9-13)10-18-19-16(23)17-11-14-4-3-8-22-14/h5-6,9-10,14,20H,2-4,7-8,11H2,1H3,(H2,17,19,23)/b18-10+/t14-/m0/s1. The van der Waals surface area contributed by atoms with Crippen molar-refractivity contribution in [2.45, 2.75) is 32.3 Å². The van der Waals surface area contributed by atoms with Crippen LogP contribution >= 0.6 is 12.2 Å². The van der Waals surface area contributed by atoms with E-state index in [1.807, 2.05) is 6.92 Å². The van der Waals surface area contributed by atoms with Gasteiger partial charge in [0.05, 0.1) is 18.9 Å². The molecule has 0 radical (unpaired) electrons. The van der Waals surface area contributed by atoms with Crippen molar-refractivity contribution in [1.82, 2.24) is 10.7 Å². The van der Waals surface area contributed by atoms with Crippen molar-refractivity contribution in [3.05, 3.63) is 23.8 Å². The lowest BCUT2D eigenvalue weighted by Gasteiger charge is -2.11. The lowest BCUT2D eigenvalue weighted by molar-refractivity contribution is 0.114. The lowest BCUT2D eigenvalue weighted by atomic mass is 10.2. The van der Waals surface area contributed by atoms with Gasteiger partial charge in [0, 0.05) is 24.8 Å². The molecule has 2 rings (SSSR count). The molecular formula is C16H23N3O3S. The third-order valence-corrected chi connectivity index (χ3v) is 3.59. The fourth-order valence-corrected chi connectivity index (χ4v) is 2.29. The summed E-state index contributed by atoms with van der Waals surface area (Å²) in [4.78, 5) is 0. The van der Waals surface area contributed by atoms with E-state index in [4.69, 9.17) is 21.7 Å². The fraction of sp³-hybridized carbons (Fsp3) is 0.500. The predicted octanol–water partition coefficient (Wildman–Crippen LogP) is 2.16. The lowest BCUT2D eigenvalue weighted by Crippen LogP contribution is -2.37. The third kappa shape index (κ3) is 6.03. The number of hydrogen-bond donors (Lipinski definition) is 3. The van der Waals surface area contributed by atoms with Crippen LogP contribution in [0.25, 0.3) is 0 Å². The van der Waals surface area contributed by atoms with Gasteiger partial charge in [0.2, 0.25) is 0 Å². The van der Waals surface area contributed by atoms with Gasteiger partial charge in [0.1, 0.15) is 11.5 Å². The highest BCUT2D eigenvalue weighted by atomic mass is 32.1. The van der Waals surface area contributed by atoms with Gasteiger partial charge in [-0.2, -0.15) is 5.10 Å². The number of rotatable bonds is 7. The molecule has 1 aromatic carbocycles. The summed E-state index contributed by atoms with van der Waals surface area (Å²) in [5.41, 5.74) is 3.31. The van der Waals surface area contributed by atoms with Gasteiger partial charge in [-0.05, 0) is 43.6 Å². The minimum absolute atomic E-state index is 0.113. The topological polar surface area (TPSA) is 75.1 Å². The Balaban J connectivity index is 1.76. The Morgan fingerprint density at radius 1 is 1.57 bits per heavy atom. The Morgan fingerprint density at radius 2 is 2.43 bits per heavy atom. The number of ether oxygens (including phenoxy) is 2. The van der Waals surface area contributed by atoms with Gasteiger partial charge in [0.25, 0.3) is 0 Å². The molecule has 1 atom stereocenters. The zero-order valence-electron chi connectivity index (χ0n) is 13.2. The highest BCUT2D eigenvalue weighted by molar-refractivity contribution is 7.80. The van der Waals surface area contributed by atoms with Crippen LogP contribution in [0, 0.1) is 0 Å². The molecule has 0 aliphatic carbocycles. The summed E-state index contributed by atoms with van der Waals surface area (Å²) in [5.74, 6) is 0.755. The van der Waals surface area contributed by atoms with E-state index in [-0.39, 0.29) is 11.9 Å². The number of thiocarbonyl (C=S) groups is 1. The van der Waals surface area contributed by atoms with Crippen LogP contribution in [0.4, 0.5) is 0 Å². The van der Waals surface area contributed by atoms with Crippen molar-refractivity contribution in [1.29, 1.82) is 0 Å². The third-order valence-electron chi connectivity index (χ3n) is 3.36. The number of aromatic hydroxyl groups is 1. The van der Waals surface area contributed by atoms with Crippen molar-refractivity contribution in [3.63, 3.8) is 0 Å². The smallest absolute Gasteiger partial charge is 0.187 e. The van der Waals surface area contributed by atoms with Gasteiger partial charge in [-0.15, -0.1) is 0 Å². The number of benzene rings is 1. The molecule has 126 valence electrons. The van der Waals surface area contributed by atoms with Crippen LogP contribution in [-0.2, 0) is 4.74 Å². The summed E-state index contributed by atoms with van der Waals surface area (Å²) in [5, 5.41) is 17.4. The van der Waals surface area contributed by atoms with E-state index in [1.54, 1.807) is 18.2 Å². The van der Waals surface area contributed by atoms with Gasteiger partial charge in [-0.3, -0.25) is 5.43 Å². The van der Waals surface area contributed by atoms with Crippen LogP contribution in [0.3, 0.4) is 0 Å². The molecule has 0 saturated carbocycles. The Bertz CT molecular complexity index is 545. The van der Waals surface area contributed by atoms with Crippen LogP contribution in [0.2, 0.25) is 0 Å². The van der Waals surface area contributed by atoms with Crippen molar-refractivity contribution in [2.24, 2.45) is 5.10 Å². The first-order chi connectivity index (χ1) is 11.2. The molecule has 0 unspecified atom stereocenters. The number of phenols is 1. The monoisotopic (exact) mass is 337 g/mol. The minimum atomic E-state index is 0.113. The molecule has 1 aliphatic rings. The van der Waals surface area contributed by atoms with Gasteiger partial charge < -0.3 is 19.9 Å². The first-order valence-corrected chi connectivity index (χ1v) is 8.24. The molecule has 6 nitrogen and oxygen atoms in total. The molecule has 1 fully saturated rings. The van der Waals surface area contributed by atoms with E-state index in [9.17, 15) is 5.11 Å². The van der Waals surface area contributed by atoms with E-state index in [1.165, 1.54) is 6.21 Å². The molecule has 0 spiro atoms. The molecule has 3 N–H and O–H groups in total. The number of nitrogens with zero attached hydrogens (tertiary/aromatic N) is 1. The summed E-state index contributed by atoms with van der Waals surface area (Å²) >= 11 is 5.13. The summed E-state index contributed by atoms with van der Waals surface area (Å²) in [6.45, 7) is 4.15. The predicted molar refractivity (Wildman–Crippen MR) is 94.2 cm³/mol. The maximum atomic E-state index is 9.94. The second-order valence-corrected chi connectivity index (χ2v) is 5.69. The fourth-order valence-electron chi connectivity index (χ4n) is 2.15. The van der Waals surface area contributed by atoms with Crippen LogP contribution in [0.1, 0.15) is 31.7 Å². The van der Waals surface area contributed by atoms with Gasteiger partial charge in [-0.1, -0.05) is 6.92 Å². The second-order valence-electron chi connectivity index (χ2n) is 5.28.